The van der Waals surface area contributed by atoms with Gasteiger partial charge in [-0.1, -0.05) is 20.8 Å². The van der Waals surface area contributed by atoms with Gasteiger partial charge in [-0.25, -0.2) is 13.6 Å². The smallest absolute Gasteiger partial charge is 0.341 e. The zero-order valence-corrected chi connectivity index (χ0v) is 22.1. The van der Waals surface area contributed by atoms with Gasteiger partial charge in [0.15, 0.2) is 11.6 Å². The molecule has 0 radical (unpaired) electrons. The number of rotatable bonds is 5. The van der Waals surface area contributed by atoms with Crippen molar-refractivity contribution in [2.24, 2.45) is 5.41 Å². The zero-order valence-electron chi connectivity index (χ0n) is 22.1. The molecule has 10 heteroatoms. The molecule has 0 saturated carbocycles. The minimum Gasteiger partial charge on any atom is -0.477 e. The van der Waals surface area contributed by atoms with Crippen molar-refractivity contribution >= 4 is 34.2 Å². The number of carbonyl (C=O) groups excluding carboxylic acids is 1. The second kappa shape index (κ2) is 9.29. The van der Waals surface area contributed by atoms with Crippen molar-refractivity contribution in [1.82, 2.24) is 9.47 Å². The number of nitrogen functional groups attached to an aromatic ring is 1. The van der Waals surface area contributed by atoms with Gasteiger partial charge in [0.05, 0.1) is 16.6 Å². The lowest BCUT2D eigenvalue weighted by molar-refractivity contribution is -0.132. The van der Waals surface area contributed by atoms with E-state index in [1.807, 2.05) is 13.8 Å². The highest BCUT2D eigenvalue weighted by atomic mass is 19.1. The number of halogens is 2. The molecule has 0 aliphatic carbocycles. The lowest BCUT2D eigenvalue weighted by Gasteiger charge is -2.34. The van der Waals surface area contributed by atoms with Gasteiger partial charge in [-0.2, -0.15) is 0 Å². The largest absolute Gasteiger partial charge is 0.477 e. The van der Waals surface area contributed by atoms with Gasteiger partial charge in [-0.05, 0) is 51.4 Å². The van der Waals surface area contributed by atoms with E-state index in [0.717, 1.165) is 6.42 Å². The molecule has 4 N–H and O–H groups in total. The van der Waals surface area contributed by atoms with E-state index >= 15 is 8.78 Å². The Balaban J connectivity index is 1.68. The third kappa shape index (κ3) is 4.78. The highest BCUT2D eigenvalue weighted by Gasteiger charge is 2.38. The second-order valence-corrected chi connectivity index (χ2v) is 12.1. The monoisotopic (exact) mass is 518 g/mol. The van der Waals surface area contributed by atoms with E-state index in [4.69, 9.17) is 5.73 Å². The van der Waals surface area contributed by atoms with Gasteiger partial charge in [0.2, 0.25) is 11.3 Å². The number of anilines is 2. The first-order valence-electron chi connectivity index (χ1n) is 12.8. The van der Waals surface area contributed by atoms with Crippen LogP contribution < -0.4 is 16.5 Å². The molecular formula is C27H36F2N4O4. The van der Waals surface area contributed by atoms with E-state index in [9.17, 15) is 19.5 Å². The van der Waals surface area contributed by atoms with Crippen molar-refractivity contribution in [3.63, 3.8) is 0 Å². The Morgan fingerprint density at radius 1 is 1.16 bits per heavy atom. The normalized spacial score (nSPS) is 17.8. The fourth-order valence-electron chi connectivity index (χ4n) is 5.54. The fraction of sp³-hybridized carbons (Fsp3) is 0.593. The molecule has 2 aliphatic heterocycles. The van der Waals surface area contributed by atoms with Gasteiger partial charge in [-0.3, -0.25) is 9.59 Å². The number of carboxylic acids is 1. The number of carboxylic acid groups (broad SMARTS) is 1. The Labute approximate surface area is 214 Å². The molecule has 37 heavy (non-hydrogen) atoms. The summed E-state index contributed by atoms with van der Waals surface area (Å²) in [6.07, 6.45) is 3.01. The molecule has 8 nitrogen and oxygen atoms in total. The number of nitrogens with zero attached hydrogens (tertiary/aromatic N) is 2. The number of aromatic carboxylic acids is 1. The number of carbonyl (C=O) groups is 2. The molecule has 0 spiro atoms. The molecule has 0 unspecified atom stereocenters. The molecular weight excluding hydrogens is 482 g/mol. The summed E-state index contributed by atoms with van der Waals surface area (Å²) >= 11 is 0. The predicted molar refractivity (Wildman–Crippen MR) is 139 cm³/mol. The number of hydrogen-bond donors (Lipinski definition) is 3. The number of nitrogens with one attached hydrogen (secondary N) is 1. The molecule has 1 aromatic heterocycles. The van der Waals surface area contributed by atoms with Crippen LogP contribution in [0, 0.1) is 17.0 Å². The number of hydrogen-bond acceptors (Lipinski definition) is 5. The van der Waals surface area contributed by atoms with Crippen molar-refractivity contribution in [3.05, 3.63) is 33.1 Å². The van der Waals surface area contributed by atoms with Crippen molar-refractivity contribution < 1.29 is 23.5 Å². The van der Waals surface area contributed by atoms with Crippen LogP contribution in [-0.2, 0) is 16.8 Å². The van der Waals surface area contributed by atoms with Crippen LogP contribution in [0.15, 0.2) is 4.79 Å². The van der Waals surface area contributed by atoms with Gasteiger partial charge < -0.3 is 25.6 Å². The quantitative estimate of drug-likeness (QED) is 0.503. The zero-order chi connectivity index (χ0) is 27.4. The van der Waals surface area contributed by atoms with Crippen molar-refractivity contribution in [2.75, 3.05) is 24.1 Å². The van der Waals surface area contributed by atoms with E-state index in [1.165, 1.54) is 4.57 Å². The van der Waals surface area contributed by atoms with Crippen LogP contribution in [0.25, 0.3) is 10.9 Å². The summed E-state index contributed by atoms with van der Waals surface area (Å²) in [6, 6.07) is -0.302. The third-order valence-electron chi connectivity index (χ3n) is 7.70. The number of fused-ring (bicyclic) bond motifs is 3. The molecule has 2 aromatic rings. The van der Waals surface area contributed by atoms with Crippen molar-refractivity contribution in [2.45, 2.75) is 84.7 Å². The minimum absolute atomic E-state index is 0.0581. The number of aromatic nitrogens is 1. The van der Waals surface area contributed by atoms with Gasteiger partial charge in [-0.15, -0.1) is 0 Å². The molecule has 1 amide bonds. The van der Waals surface area contributed by atoms with Crippen LogP contribution in [0.1, 0.15) is 82.8 Å². The first kappa shape index (κ1) is 26.9. The maximum absolute atomic E-state index is 16.1. The predicted octanol–water partition coefficient (Wildman–Crippen LogP) is 4.47. The van der Waals surface area contributed by atoms with Crippen molar-refractivity contribution in [3.8, 4) is 0 Å². The number of likely N-dealkylation sites (tertiary alicyclic amines) is 1. The Kier molecular flexibility index (Phi) is 6.75. The summed E-state index contributed by atoms with van der Waals surface area (Å²) in [5, 5.41) is 12.2. The van der Waals surface area contributed by atoms with E-state index in [2.05, 4.69) is 26.1 Å². The average Bonchev–Trinajstić information content (AvgIpc) is 3.12. The second-order valence-electron chi connectivity index (χ2n) is 12.1. The van der Waals surface area contributed by atoms with Crippen molar-refractivity contribution in [1.29, 1.82) is 0 Å². The fourth-order valence-corrected chi connectivity index (χ4v) is 5.54. The minimum atomic E-state index is -1.44. The first-order chi connectivity index (χ1) is 17.1. The number of pyridine rings is 1. The molecule has 3 heterocycles. The molecule has 2 aliphatic rings. The Hall–Kier alpha value is -3.17. The lowest BCUT2D eigenvalue weighted by Crippen LogP contribution is -2.42. The highest BCUT2D eigenvalue weighted by Crippen LogP contribution is 2.41. The molecule has 0 atom stereocenters. The molecule has 1 saturated heterocycles. The average molecular weight is 519 g/mol. The maximum Gasteiger partial charge on any atom is 0.341 e. The van der Waals surface area contributed by atoms with E-state index in [1.54, 1.807) is 4.90 Å². The molecule has 4 rings (SSSR count). The topological polar surface area (TPSA) is 118 Å². The summed E-state index contributed by atoms with van der Waals surface area (Å²) < 4.78 is 33.0. The molecule has 0 bridgehead atoms. The Morgan fingerprint density at radius 3 is 2.35 bits per heavy atom. The van der Waals surface area contributed by atoms with Crippen LogP contribution in [-0.4, -0.2) is 45.6 Å². The van der Waals surface area contributed by atoms with Crippen LogP contribution in [0.5, 0.6) is 0 Å². The summed E-state index contributed by atoms with van der Waals surface area (Å²) in [5.41, 5.74) is 2.96. The maximum atomic E-state index is 16.1. The summed E-state index contributed by atoms with van der Waals surface area (Å²) in [7, 11) is 0. The van der Waals surface area contributed by atoms with Gasteiger partial charge in [0, 0.05) is 36.8 Å². The van der Waals surface area contributed by atoms with Gasteiger partial charge in [0.1, 0.15) is 11.3 Å². The van der Waals surface area contributed by atoms with Gasteiger partial charge >= 0.3 is 5.97 Å². The Bertz CT molecular complexity index is 1340. The Morgan fingerprint density at radius 2 is 1.78 bits per heavy atom. The van der Waals surface area contributed by atoms with Crippen LogP contribution in [0.2, 0.25) is 0 Å². The number of amides is 1. The lowest BCUT2D eigenvalue weighted by atomic mass is 9.90. The number of piperidine rings is 1. The van der Waals surface area contributed by atoms with Gasteiger partial charge in [0.25, 0.3) is 0 Å². The third-order valence-corrected chi connectivity index (χ3v) is 7.70. The summed E-state index contributed by atoms with van der Waals surface area (Å²) in [4.78, 5) is 39.4. The van der Waals surface area contributed by atoms with Crippen LogP contribution in [0.3, 0.4) is 0 Å². The van der Waals surface area contributed by atoms with E-state index in [0.29, 0.717) is 38.8 Å². The summed E-state index contributed by atoms with van der Waals surface area (Å²) in [5.74, 6) is -3.44. The summed E-state index contributed by atoms with van der Waals surface area (Å²) in [6.45, 7) is 10.8. The number of benzene rings is 1. The first-order valence-corrected chi connectivity index (χ1v) is 12.8. The van der Waals surface area contributed by atoms with E-state index in [-0.39, 0.29) is 35.0 Å². The van der Waals surface area contributed by atoms with E-state index < -0.39 is 50.9 Å². The van der Waals surface area contributed by atoms with Crippen LogP contribution in [0.4, 0.5) is 20.2 Å². The molecule has 202 valence electrons. The van der Waals surface area contributed by atoms with Crippen LogP contribution >= 0.6 is 0 Å². The molecule has 1 aromatic carbocycles. The highest BCUT2D eigenvalue weighted by molar-refractivity contribution is 6.01. The number of nitrogens with two attached hydrogens (primary N) is 1. The molecule has 1 fully saturated rings. The SMILES string of the molecule is CC(C)(C)CCC(=O)N1CCC(Nc2c(F)c(N)c3c(=O)c(C(=O)O)c4n(c3c2F)C(C)(C)CC4)CC1. The standard InChI is InChI=1S/C27H36F2N4O4/c1-26(2,3)10-7-16(34)32-12-8-14(9-13-32)31-22-19(28)21(30)18-23(20(22)29)33-15(6-11-27(33,4)5)17(24(18)35)25(36)37/h14,31H,6-13,30H2,1-5H3,(H,36,37).